The Morgan fingerprint density at radius 2 is 1.41 bits per heavy atom. The van der Waals surface area contributed by atoms with Crippen LogP contribution < -0.4 is 10.4 Å². The number of benzene rings is 3. The summed E-state index contributed by atoms with van der Waals surface area (Å²) in [6, 6.07) is 25.3. The minimum Gasteiger partial charge on any atom is -0.0909 e. The quantitative estimate of drug-likeness (QED) is 0.531. The van der Waals surface area contributed by atoms with Crippen LogP contribution in [0.2, 0.25) is 0 Å². The van der Waals surface area contributed by atoms with E-state index < -0.39 is 0 Å². The molecule has 3 aromatic rings. The summed E-state index contributed by atoms with van der Waals surface area (Å²) in [5.41, 5.74) is 7.48. The van der Waals surface area contributed by atoms with Gasteiger partial charge in [-0.15, -0.1) is 0 Å². The lowest BCUT2D eigenvalue weighted by atomic mass is 9.93. The summed E-state index contributed by atoms with van der Waals surface area (Å²) in [5, 5.41) is 2.52. The van der Waals surface area contributed by atoms with E-state index in [1.165, 1.54) is 38.3 Å². The molecular weight excluding hydrogens is 324 g/mol. The van der Waals surface area contributed by atoms with Crippen LogP contribution in [0.1, 0.15) is 36.1 Å². The Kier molecular flexibility index (Phi) is 7.37. The Morgan fingerprint density at radius 1 is 0.778 bits per heavy atom. The highest BCUT2D eigenvalue weighted by atomic mass is 14.1. The van der Waals surface area contributed by atoms with Gasteiger partial charge in [0.1, 0.15) is 0 Å². The van der Waals surface area contributed by atoms with Crippen LogP contribution in [-0.2, 0) is 0 Å². The van der Waals surface area contributed by atoms with Crippen molar-refractivity contribution in [3.05, 3.63) is 112 Å². The molecule has 0 N–H and O–H groups in total. The fourth-order valence-electron chi connectivity index (χ4n) is 3.14. The van der Waals surface area contributed by atoms with Crippen LogP contribution in [0.15, 0.2) is 79.4 Å². The van der Waals surface area contributed by atoms with Crippen molar-refractivity contribution in [1.82, 2.24) is 0 Å². The van der Waals surface area contributed by atoms with Crippen LogP contribution in [0.4, 0.5) is 0 Å². The van der Waals surface area contributed by atoms with Crippen molar-refractivity contribution < 1.29 is 0 Å². The Hall–Kier alpha value is -2.86. The lowest BCUT2D eigenvalue weighted by Gasteiger charge is -2.11. The first kappa shape index (κ1) is 20.5. The maximum Gasteiger partial charge on any atom is -0.0152 e. The van der Waals surface area contributed by atoms with Crippen molar-refractivity contribution in [1.29, 1.82) is 0 Å². The molecule has 0 nitrogen and oxygen atoms in total. The predicted octanol–water partition coefficient (Wildman–Crippen LogP) is 5.98. The second-order valence-electron chi connectivity index (χ2n) is 6.95. The number of hydrogen-bond donors (Lipinski definition) is 0. The summed E-state index contributed by atoms with van der Waals surface area (Å²) in [4.78, 5) is 0. The van der Waals surface area contributed by atoms with Gasteiger partial charge in [-0.05, 0) is 67.3 Å². The molecule has 0 fully saturated rings. The molecule has 0 aliphatic heterocycles. The molecule has 0 aliphatic carbocycles. The van der Waals surface area contributed by atoms with E-state index in [2.05, 4.69) is 102 Å². The molecule has 0 spiro atoms. The van der Waals surface area contributed by atoms with Gasteiger partial charge < -0.3 is 0 Å². The molecule has 0 radical (unpaired) electrons. The SMILES string of the molecule is C=C(/C(C)=c1/cccc/c1=C/C)c1ccc(C)cc1C.Cc1ccccc1. The molecule has 0 heterocycles. The fourth-order valence-corrected chi connectivity index (χ4v) is 3.14. The summed E-state index contributed by atoms with van der Waals surface area (Å²) in [7, 11) is 0. The largest absolute Gasteiger partial charge is 0.0909 e. The molecule has 27 heavy (non-hydrogen) atoms. The van der Waals surface area contributed by atoms with E-state index in [0.717, 1.165) is 5.57 Å². The van der Waals surface area contributed by atoms with Crippen LogP contribution in [0, 0.1) is 20.8 Å². The minimum atomic E-state index is 1.11. The Bertz CT molecular complexity index is 1020. The summed E-state index contributed by atoms with van der Waals surface area (Å²) in [5.74, 6) is 0. The third kappa shape index (κ3) is 5.56. The van der Waals surface area contributed by atoms with E-state index in [1.807, 2.05) is 18.2 Å². The highest BCUT2D eigenvalue weighted by Gasteiger charge is 2.06. The molecule has 3 rings (SSSR count). The van der Waals surface area contributed by atoms with Gasteiger partial charge in [-0.3, -0.25) is 0 Å². The van der Waals surface area contributed by atoms with Crippen molar-refractivity contribution in [2.75, 3.05) is 0 Å². The van der Waals surface area contributed by atoms with Crippen molar-refractivity contribution >= 4 is 17.2 Å². The number of rotatable bonds is 2. The molecule has 0 heteroatoms. The second-order valence-corrected chi connectivity index (χ2v) is 6.95. The van der Waals surface area contributed by atoms with E-state index in [1.54, 1.807) is 0 Å². The molecule has 0 unspecified atom stereocenters. The Balaban J connectivity index is 0.000000313. The van der Waals surface area contributed by atoms with Crippen LogP contribution in [0.3, 0.4) is 0 Å². The average Bonchev–Trinajstić information content (AvgIpc) is 2.68. The molecule has 0 aromatic heterocycles. The zero-order valence-corrected chi connectivity index (χ0v) is 17.2. The summed E-state index contributed by atoms with van der Waals surface area (Å²) < 4.78 is 0. The minimum absolute atomic E-state index is 1.11. The van der Waals surface area contributed by atoms with Crippen LogP contribution >= 0.6 is 0 Å². The van der Waals surface area contributed by atoms with E-state index in [0.29, 0.717) is 0 Å². The zero-order valence-electron chi connectivity index (χ0n) is 17.2. The van der Waals surface area contributed by atoms with Crippen molar-refractivity contribution in [3.8, 4) is 0 Å². The molecule has 0 amide bonds. The van der Waals surface area contributed by atoms with E-state index in [9.17, 15) is 0 Å². The molecule has 0 saturated heterocycles. The van der Waals surface area contributed by atoms with Gasteiger partial charge in [-0.25, -0.2) is 0 Å². The lowest BCUT2D eigenvalue weighted by Crippen LogP contribution is -2.25. The monoisotopic (exact) mass is 354 g/mol. The summed E-state index contributed by atoms with van der Waals surface area (Å²) >= 11 is 0. The third-order valence-electron chi connectivity index (χ3n) is 4.78. The standard InChI is InChI=1S/C20H22.C7H8/c1-6-18-9-7-8-10-20(18)17(5)16(4)19-12-11-14(2)13-15(19)3;1-7-5-3-2-4-6-7/h6-13H,4H2,1-3,5H3;2-6H,1H3/b18-6-,20-17-;. The maximum atomic E-state index is 4.32. The number of allylic oxidation sites excluding steroid dienone is 1. The third-order valence-corrected chi connectivity index (χ3v) is 4.78. The van der Waals surface area contributed by atoms with Gasteiger partial charge >= 0.3 is 0 Å². The fraction of sp³-hybridized carbons (Fsp3) is 0.185. The molecule has 138 valence electrons. The molecule has 0 bridgehead atoms. The Morgan fingerprint density at radius 3 is 1.96 bits per heavy atom. The number of hydrogen-bond acceptors (Lipinski definition) is 0. The lowest BCUT2D eigenvalue weighted by molar-refractivity contribution is 1.35. The summed E-state index contributed by atoms with van der Waals surface area (Å²) in [6.45, 7) is 14.9. The average molecular weight is 355 g/mol. The molecule has 0 atom stereocenters. The van der Waals surface area contributed by atoms with Gasteiger partial charge in [0.25, 0.3) is 0 Å². The van der Waals surface area contributed by atoms with Gasteiger partial charge in [0, 0.05) is 0 Å². The van der Waals surface area contributed by atoms with Gasteiger partial charge in [-0.1, -0.05) is 96.6 Å². The van der Waals surface area contributed by atoms with E-state index in [-0.39, 0.29) is 0 Å². The van der Waals surface area contributed by atoms with Crippen molar-refractivity contribution in [3.63, 3.8) is 0 Å². The molecule has 0 aliphatic rings. The van der Waals surface area contributed by atoms with Gasteiger partial charge in [0.15, 0.2) is 0 Å². The van der Waals surface area contributed by atoms with Crippen LogP contribution in [0.5, 0.6) is 0 Å². The highest BCUT2D eigenvalue weighted by molar-refractivity contribution is 5.96. The highest BCUT2D eigenvalue weighted by Crippen LogP contribution is 2.24. The molecular formula is C27H30. The maximum absolute atomic E-state index is 4.32. The first-order chi connectivity index (χ1) is 12.9. The number of aryl methyl sites for hydroxylation is 3. The van der Waals surface area contributed by atoms with E-state index in [4.69, 9.17) is 0 Å². The van der Waals surface area contributed by atoms with Crippen molar-refractivity contribution in [2.24, 2.45) is 0 Å². The van der Waals surface area contributed by atoms with E-state index >= 15 is 0 Å². The zero-order chi connectivity index (χ0) is 19.8. The molecule has 0 saturated carbocycles. The van der Waals surface area contributed by atoms with Gasteiger partial charge in [0.2, 0.25) is 0 Å². The summed E-state index contributed by atoms with van der Waals surface area (Å²) in [6.07, 6.45) is 2.15. The van der Waals surface area contributed by atoms with Crippen LogP contribution in [-0.4, -0.2) is 0 Å². The van der Waals surface area contributed by atoms with Gasteiger partial charge in [0.05, 0.1) is 0 Å². The predicted molar refractivity (Wildman–Crippen MR) is 121 cm³/mol. The molecule has 3 aromatic carbocycles. The van der Waals surface area contributed by atoms with Crippen LogP contribution in [0.25, 0.3) is 17.2 Å². The smallest absolute Gasteiger partial charge is 0.0152 e. The normalized spacial score (nSPS) is 12.1. The van der Waals surface area contributed by atoms with Gasteiger partial charge in [-0.2, -0.15) is 0 Å². The topological polar surface area (TPSA) is 0 Å². The second kappa shape index (κ2) is 9.73. The first-order valence-corrected chi connectivity index (χ1v) is 9.45. The van der Waals surface area contributed by atoms with Crippen molar-refractivity contribution in [2.45, 2.75) is 34.6 Å². The first-order valence-electron chi connectivity index (χ1n) is 9.45. The Labute approximate surface area is 164 Å².